The molecule has 144 valence electrons. The van der Waals surface area contributed by atoms with Crippen LogP contribution in [0.25, 0.3) is 0 Å². The van der Waals surface area contributed by atoms with Gasteiger partial charge in [-0.3, -0.25) is 0 Å². The Bertz CT molecular complexity index is 486. The third kappa shape index (κ3) is 6.69. The summed E-state index contributed by atoms with van der Waals surface area (Å²) in [4.78, 5) is 14.0. The Labute approximate surface area is 155 Å². The van der Waals surface area contributed by atoms with E-state index in [2.05, 4.69) is 47.6 Å². The van der Waals surface area contributed by atoms with Gasteiger partial charge in [-0.25, -0.2) is 4.79 Å². The van der Waals surface area contributed by atoms with Crippen LogP contribution >= 0.6 is 0 Å². The summed E-state index contributed by atoms with van der Waals surface area (Å²) in [6, 6.07) is 0. The van der Waals surface area contributed by atoms with E-state index in [1.807, 2.05) is 20.8 Å². The molecule has 1 amide bonds. The SMILES string of the molecule is CCCB(OC(C)(C)C(C)(C)C)C1=CCN(C(=O)OC(C)(C)C)CC1. The lowest BCUT2D eigenvalue weighted by Crippen LogP contribution is -2.46. The molecule has 0 bridgehead atoms. The first-order valence-electron chi connectivity index (χ1n) is 9.61. The van der Waals surface area contributed by atoms with Gasteiger partial charge in [0.05, 0.1) is 5.60 Å². The molecule has 0 unspecified atom stereocenters. The van der Waals surface area contributed by atoms with Crippen molar-refractivity contribution in [3.05, 3.63) is 11.5 Å². The number of amides is 1. The van der Waals surface area contributed by atoms with Crippen molar-refractivity contribution in [2.24, 2.45) is 5.41 Å². The third-order valence-electron chi connectivity index (χ3n) is 5.10. The van der Waals surface area contributed by atoms with E-state index in [1.165, 1.54) is 5.47 Å². The normalized spacial score (nSPS) is 16.5. The zero-order valence-electron chi connectivity index (χ0n) is 17.9. The first kappa shape index (κ1) is 22.1. The van der Waals surface area contributed by atoms with Gasteiger partial charge in [-0.2, -0.15) is 0 Å². The van der Waals surface area contributed by atoms with Crippen molar-refractivity contribution in [2.45, 2.75) is 92.7 Å². The van der Waals surface area contributed by atoms with Gasteiger partial charge in [-0.1, -0.05) is 45.7 Å². The Morgan fingerprint density at radius 2 is 1.76 bits per heavy atom. The molecule has 0 aromatic carbocycles. The molecule has 0 aromatic rings. The van der Waals surface area contributed by atoms with Crippen LogP contribution in [0.1, 0.15) is 75.2 Å². The first-order valence-corrected chi connectivity index (χ1v) is 9.61. The minimum absolute atomic E-state index is 0.0662. The van der Waals surface area contributed by atoms with Crippen molar-refractivity contribution in [3.8, 4) is 0 Å². The molecule has 5 heteroatoms. The monoisotopic (exact) mass is 351 g/mol. The van der Waals surface area contributed by atoms with E-state index in [0.717, 1.165) is 19.2 Å². The second-order valence-electron chi connectivity index (χ2n) is 9.61. The van der Waals surface area contributed by atoms with E-state index in [0.29, 0.717) is 13.1 Å². The van der Waals surface area contributed by atoms with Gasteiger partial charge >= 0.3 is 13.0 Å². The summed E-state index contributed by atoms with van der Waals surface area (Å²) in [5.41, 5.74) is 0.720. The number of nitrogens with zero attached hydrogens (tertiary/aromatic N) is 1. The molecule has 1 rings (SSSR count). The van der Waals surface area contributed by atoms with Crippen molar-refractivity contribution in [1.29, 1.82) is 0 Å². The Morgan fingerprint density at radius 1 is 1.16 bits per heavy atom. The Balaban J connectivity index is 2.79. The molecule has 0 saturated heterocycles. The van der Waals surface area contributed by atoms with Crippen LogP contribution in [-0.2, 0) is 9.39 Å². The first-order chi connectivity index (χ1) is 11.3. The molecule has 0 aromatic heterocycles. The molecular weight excluding hydrogens is 313 g/mol. The average molecular weight is 351 g/mol. The predicted molar refractivity (Wildman–Crippen MR) is 106 cm³/mol. The van der Waals surface area contributed by atoms with Crippen LogP contribution in [0.3, 0.4) is 0 Å². The number of hydrogen-bond donors (Lipinski definition) is 0. The van der Waals surface area contributed by atoms with E-state index in [4.69, 9.17) is 9.39 Å². The fraction of sp³-hybridized carbons (Fsp3) is 0.850. The molecule has 1 heterocycles. The lowest BCUT2D eigenvalue weighted by molar-refractivity contribution is -0.00203. The Kier molecular flexibility index (Phi) is 7.20. The standard InChI is InChI=1S/C20H38BNO3/c1-10-13-21(25-20(8,9)18(2,3)4)16-11-14-22(15-12-16)17(23)24-19(5,6)7/h11H,10,12-15H2,1-9H3. The van der Waals surface area contributed by atoms with Gasteiger partial charge in [0.15, 0.2) is 0 Å². The average Bonchev–Trinajstić information content (AvgIpc) is 2.44. The second kappa shape index (κ2) is 8.15. The zero-order chi connectivity index (χ0) is 19.5. The lowest BCUT2D eigenvalue weighted by atomic mass is 9.54. The van der Waals surface area contributed by atoms with Gasteiger partial charge in [0.2, 0.25) is 0 Å². The topological polar surface area (TPSA) is 38.8 Å². The van der Waals surface area contributed by atoms with Gasteiger partial charge < -0.3 is 14.3 Å². The predicted octanol–water partition coefficient (Wildman–Crippen LogP) is 5.34. The zero-order valence-corrected chi connectivity index (χ0v) is 17.9. The highest BCUT2D eigenvalue weighted by Gasteiger charge is 2.38. The summed E-state index contributed by atoms with van der Waals surface area (Å²) < 4.78 is 12.0. The van der Waals surface area contributed by atoms with Gasteiger partial charge in [-0.15, -0.1) is 0 Å². The molecule has 1 aliphatic heterocycles. The highest BCUT2D eigenvalue weighted by Crippen LogP contribution is 2.35. The number of carbonyl (C=O) groups is 1. The smallest absolute Gasteiger partial charge is 0.410 e. The van der Waals surface area contributed by atoms with E-state index in [1.54, 1.807) is 4.90 Å². The lowest BCUT2D eigenvalue weighted by Gasteiger charge is -2.42. The molecule has 0 saturated carbocycles. The molecule has 0 fully saturated rings. The maximum Gasteiger partial charge on any atom is 0.410 e. The maximum atomic E-state index is 12.2. The molecule has 0 aliphatic carbocycles. The van der Waals surface area contributed by atoms with Crippen molar-refractivity contribution in [2.75, 3.05) is 13.1 Å². The van der Waals surface area contributed by atoms with Crippen LogP contribution in [0.15, 0.2) is 11.5 Å². The van der Waals surface area contributed by atoms with Crippen molar-refractivity contribution in [3.63, 3.8) is 0 Å². The van der Waals surface area contributed by atoms with E-state index in [9.17, 15) is 4.79 Å². The van der Waals surface area contributed by atoms with Crippen LogP contribution in [-0.4, -0.2) is 42.2 Å². The molecular formula is C20H38BNO3. The fourth-order valence-corrected chi connectivity index (χ4v) is 2.58. The van der Waals surface area contributed by atoms with Crippen LogP contribution in [0, 0.1) is 5.41 Å². The molecule has 0 N–H and O–H groups in total. The number of rotatable bonds is 5. The van der Waals surface area contributed by atoms with Crippen molar-refractivity contribution < 1.29 is 14.2 Å². The molecule has 4 nitrogen and oxygen atoms in total. The summed E-state index contributed by atoms with van der Waals surface area (Å²) in [5.74, 6) is 0. The summed E-state index contributed by atoms with van der Waals surface area (Å²) in [5, 5.41) is 0. The van der Waals surface area contributed by atoms with Crippen LogP contribution in [0.5, 0.6) is 0 Å². The van der Waals surface area contributed by atoms with E-state index in [-0.39, 0.29) is 24.0 Å². The Hall–Kier alpha value is -0.965. The van der Waals surface area contributed by atoms with Crippen molar-refractivity contribution in [1.82, 2.24) is 4.90 Å². The van der Waals surface area contributed by atoms with E-state index < -0.39 is 5.60 Å². The maximum absolute atomic E-state index is 12.2. The van der Waals surface area contributed by atoms with E-state index >= 15 is 0 Å². The van der Waals surface area contributed by atoms with Crippen LogP contribution < -0.4 is 0 Å². The summed E-state index contributed by atoms with van der Waals surface area (Å²) in [7, 11) is 0. The highest BCUT2D eigenvalue weighted by molar-refractivity contribution is 6.60. The van der Waals surface area contributed by atoms with Gasteiger partial charge in [-0.05, 0) is 52.8 Å². The Morgan fingerprint density at radius 3 is 2.16 bits per heavy atom. The quantitative estimate of drug-likeness (QED) is 0.628. The fourth-order valence-electron chi connectivity index (χ4n) is 2.58. The molecule has 1 aliphatic rings. The number of carbonyl (C=O) groups excluding carboxylic acids is 1. The summed E-state index contributed by atoms with van der Waals surface area (Å²) in [6.07, 6.45) is 4.87. The number of hydrogen-bond acceptors (Lipinski definition) is 3. The molecule has 25 heavy (non-hydrogen) atoms. The van der Waals surface area contributed by atoms with Gasteiger partial charge in [0, 0.05) is 13.1 Å². The largest absolute Gasteiger partial charge is 0.444 e. The minimum Gasteiger partial charge on any atom is -0.444 e. The summed E-state index contributed by atoms with van der Waals surface area (Å²) in [6.45, 7) is 20.3. The van der Waals surface area contributed by atoms with Crippen molar-refractivity contribution >= 4 is 13.0 Å². The summed E-state index contributed by atoms with van der Waals surface area (Å²) >= 11 is 0. The minimum atomic E-state index is -0.453. The molecule has 0 radical (unpaired) electrons. The van der Waals surface area contributed by atoms with Crippen LogP contribution in [0.2, 0.25) is 6.32 Å². The third-order valence-corrected chi connectivity index (χ3v) is 5.10. The highest BCUT2D eigenvalue weighted by atomic mass is 16.6. The van der Waals surface area contributed by atoms with Gasteiger partial charge in [0.1, 0.15) is 5.60 Å². The second-order valence-corrected chi connectivity index (χ2v) is 9.61. The van der Waals surface area contributed by atoms with Crippen LogP contribution in [0.4, 0.5) is 4.79 Å². The molecule has 0 spiro atoms. The molecule has 0 atom stereocenters. The number of ether oxygens (including phenoxy) is 1. The van der Waals surface area contributed by atoms with Gasteiger partial charge in [0.25, 0.3) is 0 Å².